The smallest absolute Gasteiger partial charge is 0.292 e. The molecule has 0 saturated heterocycles. The molecule has 1 amide bonds. The first-order valence-electron chi connectivity index (χ1n) is 10.5. The molecule has 0 aliphatic rings. The number of para-hydroxylation sites is 1. The number of hydrogen-bond donors (Lipinski definition) is 1. The van der Waals surface area contributed by atoms with E-state index in [9.17, 15) is 9.59 Å². The number of amides is 1. The minimum atomic E-state index is -0.487. The Morgan fingerprint density at radius 1 is 0.879 bits per heavy atom. The van der Waals surface area contributed by atoms with Crippen molar-refractivity contribution in [3.8, 4) is 11.3 Å². The van der Waals surface area contributed by atoms with Crippen LogP contribution in [0, 0.1) is 0 Å². The maximum absolute atomic E-state index is 12.9. The van der Waals surface area contributed by atoms with Crippen LogP contribution in [-0.4, -0.2) is 26.5 Å². The number of nitrogens with one attached hydrogen (secondary N) is 1. The summed E-state index contributed by atoms with van der Waals surface area (Å²) in [4.78, 5) is 25.3. The highest BCUT2D eigenvalue weighted by molar-refractivity contribution is 6.08. The molecule has 0 aliphatic heterocycles. The van der Waals surface area contributed by atoms with Gasteiger partial charge in [0.25, 0.3) is 11.5 Å². The van der Waals surface area contributed by atoms with Crippen molar-refractivity contribution >= 4 is 33.8 Å². The van der Waals surface area contributed by atoms with Crippen LogP contribution in [0.2, 0.25) is 0 Å². The van der Waals surface area contributed by atoms with Gasteiger partial charge in [0.1, 0.15) is 0 Å². The molecule has 2 heterocycles. The summed E-state index contributed by atoms with van der Waals surface area (Å²) in [5, 5.41) is 10.4. The van der Waals surface area contributed by atoms with Gasteiger partial charge in [0, 0.05) is 35.9 Å². The third-order valence-electron chi connectivity index (χ3n) is 5.72. The minimum Gasteiger partial charge on any atom is -0.343 e. The SMILES string of the molecule is Cn1nc(C(=O)N/N=C/c2c(-c3ccccc3)n(C)c3ccccc23)c2ccccc2c1=O. The van der Waals surface area contributed by atoms with E-state index < -0.39 is 5.91 Å². The molecule has 0 fully saturated rings. The molecule has 5 rings (SSSR count). The average molecular weight is 435 g/mol. The molecule has 0 unspecified atom stereocenters. The lowest BCUT2D eigenvalue weighted by Gasteiger charge is -2.07. The lowest BCUT2D eigenvalue weighted by molar-refractivity contribution is 0.0950. The van der Waals surface area contributed by atoms with Crippen molar-refractivity contribution in [2.75, 3.05) is 0 Å². The van der Waals surface area contributed by atoms with Crippen LogP contribution in [0.4, 0.5) is 0 Å². The van der Waals surface area contributed by atoms with E-state index in [2.05, 4.69) is 26.3 Å². The highest BCUT2D eigenvalue weighted by Crippen LogP contribution is 2.31. The maximum atomic E-state index is 12.9. The van der Waals surface area contributed by atoms with Gasteiger partial charge in [0.2, 0.25) is 0 Å². The monoisotopic (exact) mass is 435 g/mol. The Morgan fingerprint density at radius 2 is 1.52 bits per heavy atom. The Bertz CT molecular complexity index is 1600. The van der Waals surface area contributed by atoms with Crippen molar-refractivity contribution in [2.24, 2.45) is 19.2 Å². The van der Waals surface area contributed by atoms with Gasteiger partial charge in [-0.25, -0.2) is 10.1 Å². The first-order valence-corrected chi connectivity index (χ1v) is 10.5. The van der Waals surface area contributed by atoms with Gasteiger partial charge in [0.15, 0.2) is 5.69 Å². The van der Waals surface area contributed by atoms with E-state index in [0.717, 1.165) is 27.7 Å². The fourth-order valence-corrected chi connectivity index (χ4v) is 4.17. The molecule has 7 heteroatoms. The Labute approximate surface area is 189 Å². The van der Waals surface area contributed by atoms with Crippen LogP contribution in [0.3, 0.4) is 0 Å². The van der Waals surface area contributed by atoms with E-state index in [1.807, 2.05) is 55.6 Å². The van der Waals surface area contributed by atoms with E-state index in [0.29, 0.717) is 10.8 Å². The van der Waals surface area contributed by atoms with Crippen molar-refractivity contribution in [3.05, 3.63) is 100 Å². The summed E-state index contributed by atoms with van der Waals surface area (Å²) in [6, 6.07) is 25.0. The van der Waals surface area contributed by atoms with Gasteiger partial charge in [-0.15, -0.1) is 0 Å². The molecule has 0 spiro atoms. The number of carbonyl (C=O) groups excluding carboxylic acids is 1. The van der Waals surface area contributed by atoms with Crippen LogP contribution in [0.5, 0.6) is 0 Å². The second-order valence-corrected chi connectivity index (χ2v) is 7.73. The van der Waals surface area contributed by atoms with Gasteiger partial charge in [-0.2, -0.15) is 10.2 Å². The highest BCUT2D eigenvalue weighted by Gasteiger charge is 2.17. The van der Waals surface area contributed by atoms with Crippen LogP contribution in [0.15, 0.2) is 88.8 Å². The Kier molecular flexibility index (Phi) is 5.06. The number of carbonyl (C=O) groups is 1. The predicted molar refractivity (Wildman–Crippen MR) is 130 cm³/mol. The predicted octanol–water partition coefficient (Wildman–Crippen LogP) is 3.86. The molecular weight excluding hydrogens is 414 g/mol. The molecule has 3 aromatic carbocycles. The third-order valence-corrected chi connectivity index (χ3v) is 5.72. The lowest BCUT2D eigenvalue weighted by Crippen LogP contribution is -2.27. The Balaban J connectivity index is 1.55. The van der Waals surface area contributed by atoms with Crippen LogP contribution in [0.25, 0.3) is 32.9 Å². The molecule has 5 aromatic rings. The molecule has 0 atom stereocenters. The van der Waals surface area contributed by atoms with Crippen molar-refractivity contribution in [3.63, 3.8) is 0 Å². The Hall–Kier alpha value is -4.52. The zero-order chi connectivity index (χ0) is 22.9. The number of aromatic nitrogens is 3. The topological polar surface area (TPSA) is 81.3 Å². The molecule has 7 nitrogen and oxygen atoms in total. The molecule has 0 radical (unpaired) electrons. The molecule has 162 valence electrons. The van der Waals surface area contributed by atoms with Gasteiger partial charge >= 0.3 is 0 Å². The van der Waals surface area contributed by atoms with Crippen LogP contribution in [-0.2, 0) is 14.1 Å². The highest BCUT2D eigenvalue weighted by atomic mass is 16.2. The zero-order valence-electron chi connectivity index (χ0n) is 18.2. The van der Waals surface area contributed by atoms with Gasteiger partial charge in [-0.05, 0) is 17.7 Å². The third kappa shape index (κ3) is 3.49. The molecular formula is C26H21N5O2. The molecule has 0 bridgehead atoms. The van der Waals surface area contributed by atoms with Crippen LogP contribution < -0.4 is 11.0 Å². The van der Waals surface area contributed by atoms with Crippen molar-refractivity contribution in [1.82, 2.24) is 19.8 Å². The van der Waals surface area contributed by atoms with Gasteiger partial charge in [0.05, 0.1) is 17.3 Å². The van der Waals surface area contributed by atoms with Crippen LogP contribution in [0.1, 0.15) is 16.1 Å². The molecule has 2 aromatic heterocycles. The van der Waals surface area contributed by atoms with E-state index in [-0.39, 0.29) is 11.3 Å². The number of fused-ring (bicyclic) bond motifs is 2. The molecule has 0 aliphatic carbocycles. The lowest BCUT2D eigenvalue weighted by atomic mass is 10.1. The molecule has 1 N–H and O–H groups in total. The quantitative estimate of drug-likeness (QED) is 0.344. The van der Waals surface area contributed by atoms with Crippen LogP contribution >= 0.6 is 0 Å². The van der Waals surface area contributed by atoms with E-state index >= 15 is 0 Å². The molecule has 0 saturated carbocycles. The average Bonchev–Trinajstić information content (AvgIpc) is 3.13. The Morgan fingerprint density at radius 3 is 2.27 bits per heavy atom. The minimum absolute atomic E-state index is 0.144. The number of aryl methyl sites for hydroxylation is 2. The maximum Gasteiger partial charge on any atom is 0.292 e. The second kappa shape index (κ2) is 8.20. The summed E-state index contributed by atoms with van der Waals surface area (Å²) < 4.78 is 3.29. The standard InChI is InChI=1S/C26H21N5O2/c1-30-22-15-9-8-12-18(22)21(24(30)17-10-4-3-5-11-17)16-27-28-25(32)23-19-13-6-7-14-20(19)26(33)31(2)29-23/h3-16H,1-2H3,(H,28,32)/b27-16+. The van der Waals surface area contributed by atoms with E-state index in [4.69, 9.17) is 0 Å². The first kappa shape index (κ1) is 20.4. The fourth-order valence-electron chi connectivity index (χ4n) is 4.17. The number of hydrazone groups is 1. The molecule has 33 heavy (non-hydrogen) atoms. The van der Waals surface area contributed by atoms with Crippen molar-refractivity contribution < 1.29 is 4.79 Å². The summed E-state index contributed by atoms with van der Waals surface area (Å²) in [7, 11) is 3.54. The van der Waals surface area contributed by atoms with Gasteiger partial charge in [-0.3, -0.25) is 9.59 Å². The summed E-state index contributed by atoms with van der Waals surface area (Å²) in [6.07, 6.45) is 1.66. The zero-order valence-corrected chi connectivity index (χ0v) is 18.2. The summed E-state index contributed by atoms with van der Waals surface area (Å²) in [6.45, 7) is 0. The number of hydrogen-bond acceptors (Lipinski definition) is 4. The second-order valence-electron chi connectivity index (χ2n) is 7.73. The number of rotatable bonds is 4. The largest absolute Gasteiger partial charge is 0.343 e. The van der Waals surface area contributed by atoms with E-state index in [1.165, 1.54) is 11.7 Å². The van der Waals surface area contributed by atoms with Gasteiger partial charge in [-0.1, -0.05) is 66.7 Å². The van der Waals surface area contributed by atoms with Gasteiger partial charge < -0.3 is 4.57 Å². The summed E-state index contributed by atoms with van der Waals surface area (Å²) in [5.74, 6) is -0.487. The number of nitrogens with zero attached hydrogens (tertiary/aromatic N) is 4. The summed E-state index contributed by atoms with van der Waals surface area (Å²) in [5.41, 5.74) is 6.49. The first-order chi connectivity index (χ1) is 16.1. The fraction of sp³-hybridized carbons (Fsp3) is 0.0769. The number of benzene rings is 3. The van der Waals surface area contributed by atoms with Crippen molar-refractivity contribution in [2.45, 2.75) is 0 Å². The normalized spacial score (nSPS) is 11.5. The summed E-state index contributed by atoms with van der Waals surface area (Å²) >= 11 is 0. The van der Waals surface area contributed by atoms with Crippen molar-refractivity contribution in [1.29, 1.82) is 0 Å². The van der Waals surface area contributed by atoms with E-state index in [1.54, 1.807) is 30.5 Å².